The molecule has 5 rings (SSSR count). The van der Waals surface area contributed by atoms with Gasteiger partial charge in [-0.2, -0.15) is 9.61 Å². The molecule has 4 aromatic rings. The first-order chi connectivity index (χ1) is 19.2. The van der Waals surface area contributed by atoms with Crippen LogP contribution in [0.3, 0.4) is 0 Å². The summed E-state index contributed by atoms with van der Waals surface area (Å²) in [5.74, 6) is -0.927. The van der Waals surface area contributed by atoms with Crippen molar-refractivity contribution in [3.8, 4) is 17.0 Å². The Kier molecular flexibility index (Phi) is 7.53. The van der Waals surface area contributed by atoms with E-state index >= 15 is 0 Å². The molecule has 3 heterocycles. The van der Waals surface area contributed by atoms with Gasteiger partial charge >= 0.3 is 6.09 Å². The Balaban J connectivity index is 1.44. The molecule has 3 aromatic heterocycles. The number of methoxy groups -OCH3 is 2. The van der Waals surface area contributed by atoms with Crippen LogP contribution in [0.5, 0.6) is 5.75 Å². The molecule has 4 atom stereocenters. The molecule has 0 radical (unpaired) electrons. The summed E-state index contributed by atoms with van der Waals surface area (Å²) in [6.45, 7) is 2.08. The molecule has 0 aliphatic heterocycles. The number of nitrogens with one attached hydrogen (secondary N) is 1. The van der Waals surface area contributed by atoms with Crippen LogP contribution in [0.4, 0.5) is 25.2 Å². The van der Waals surface area contributed by atoms with E-state index in [9.17, 15) is 13.6 Å². The van der Waals surface area contributed by atoms with Crippen LogP contribution in [0.2, 0.25) is 0 Å². The number of hydrogen-bond acceptors (Lipinski definition) is 8. The van der Waals surface area contributed by atoms with Crippen LogP contribution in [0.25, 0.3) is 16.8 Å². The number of halogens is 2. The fourth-order valence-electron chi connectivity index (χ4n) is 5.76. The summed E-state index contributed by atoms with van der Waals surface area (Å²) in [7, 11) is 4.41. The molecule has 0 spiro atoms. The van der Waals surface area contributed by atoms with E-state index in [1.807, 2.05) is 6.07 Å². The number of imidazole rings is 1. The number of pyridine rings is 1. The van der Waals surface area contributed by atoms with Gasteiger partial charge in [0.25, 0.3) is 0 Å². The van der Waals surface area contributed by atoms with E-state index in [2.05, 4.69) is 27.3 Å². The van der Waals surface area contributed by atoms with Crippen molar-refractivity contribution in [2.24, 2.45) is 11.7 Å². The molecule has 0 saturated heterocycles. The van der Waals surface area contributed by atoms with Crippen LogP contribution < -0.4 is 15.8 Å². The molecule has 210 valence electrons. The minimum Gasteiger partial charge on any atom is -0.497 e. The summed E-state index contributed by atoms with van der Waals surface area (Å²) in [5, 5.41) is 7.78. The topological polar surface area (TPSA) is 120 Å². The van der Waals surface area contributed by atoms with Gasteiger partial charge in [0.15, 0.2) is 0 Å². The highest BCUT2D eigenvalue weighted by Crippen LogP contribution is 2.40. The second kappa shape index (κ2) is 11.0. The Morgan fingerprint density at radius 1 is 1.15 bits per heavy atom. The van der Waals surface area contributed by atoms with Gasteiger partial charge in [-0.1, -0.05) is 6.92 Å². The largest absolute Gasteiger partial charge is 0.497 e. The third kappa shape index (κ3) is 5.02. The van der Waals surface area contributed by atoms with E-state index in [1.54, 1.807) is 36.6 Å². The first-order valence-electron chi connectivity index (χ1n) is 12.9. The molecule has 0 unspecified atom stereocenters. The number of ether oxygens (including phenoxy) is 2. The molecule has 40 heavy (non-hydrogen) atoms. The number of fused-ring (bicyclic) bond motifs is 1. The highest BCUT2D eigenvalue weighted by atomic mass is 19.1. The average molecular weight is 552 g/mol. The molecule has 3 N–H and O–H groups in total. The van der Waals surface area contributed by atoms with E-state index in [-0.39, 0.29) is 40.9 Å². The Morgan fingerprint density at radius 3 is 2.58 bits per heavy atom. The number of aromatic nitrogens is 4. The van der Waals surface area contributed by atoms with Gasteiger partial charge < -0.3 is 25.4 Å². The quantitative estimate of drug-likeness (QED) is 0.353. The van der Waals surface area contributed by atoms with Gasteiger partial charge in [0.05, 0.1) is 55.1 Å². The molecule has 1 aliphatic rings. The summed E-state index contributed by atoms with van der Waals surface area (Å²) in [6, 6.07) is 6.98. The summed E-state index contributed by atoms with van der Waals surface area (Å²) in [5.41, 5.74) is 8.77. The number of rotatable bonds is 6. The molecule has 12 heteroatoms. The monoisotopic (exact) mass is 551 g/mol. The molecular formula is C28H31F2N7O3. The molecule has 0 bridgehead atoms. The van der Waals surface area contributed by atoms with Gasteiger partial charge in [0, 0.05) is 31.4 Å². The fraction of sp³-hybridized carbons (Fsp3) is 0.357. The number of anilines is 2. The number of nitrogens with zero attached hydrogens (tertiary/aromatic N) is 5. The van der Waals surface area contributed by atoms with E-state index < -0.39 is 17.7 Å². The first kappa shape index (κ1) is 27.3. The lowest BCUT2D eigenvalue weighted by Gasteiger charge is -2.43. The first-order valence-corrected chi connectivity index (χ1v) is 12.9. The predicted molar refractivity (Wildman–Crippen MR) is 145 cm³/mol. The SMILES string of the molecule is COC(=O)N(C)[C@@H]1[C@H](N)C[C@H](c2ccncc2Nc2ncc3ccc(-c4c(F)cc(OC)cc4F)nn23)C[C@@H]1C. The highest BCUT2D eigenvalue weighted by molar-refractivity contribution is 5.68. The van der Waals surface area contributed by atoms with Crippen molar-refractivity contribution in [2.75, 3.05) is 26.6 Å². The summed E-state index contributed by atoms with van der Waals surface area (Å²) >= 11 is 0. The molecule has 1 aliphatic carbocycles. The van der Waals surface area contributed by atoms with Gasteiger partial charge in [-0.25, -0.2) is 18.6 Å². The standard InChI is InChI=1S/C28H31F2N7O3/c1-15-9-16(10-22(31)26(15)36(2)28(38)40-4)19-7-8-32-14-24(19)34-27-33-13-17-5-6-23(35-37(17)27)25-20(29)11-18(39-3)12-21(25)30/h5-8,11-16,22,26H,9-10,31H2,1-4H3,(H,33,34)/t15-,16+,22+,26-/m0/s1. The number of hydrogen-bond donors (Lipinski definition) is 2. The van der Waals surface area contributed by atoms with Crippen molar-refractivity contribution in [1.82, 2.24) is 24.5 Å². The lowest BCUT2D eigenvalue weighted by Crippen LogP contribution is -2.55. The highest BCUT2D eigenvalue weighted by Gasteiger charge is 2.39. The molecule has 1 aromatic carbocycles. The lowest BCUT2D eigenvalue weighted by molar-refractivity contribution is 0.0778. The van der Waals surface area contributed by atoms with Crippen molar-refractivity contribution in [3.63, 3.8) is 0 Å². The third-order valence-corrected chi connectivity index (χ3v) is 7.58. The normalized spacial score (nSPS) is 20.8. The molecule has 1 fully saturated rings. The maximum absolute atomic E-state index is 14.8. The number of carbonyl (C=O) groups is 1. The summed E-state index contributed by atoms with van der Waals surface area (Å²) < 4.78 is 40.9. The third-order valence-electron chi connectivity index (χ3n) is 7.58. The minimum atomic E-state index is -0.785. The van der Waals surface area contributed by atoms with Crippen molar-refractivity contribution >= 4 is 23.2 Å². The van der Waals surface area contributed by atoms with Crippen LogP contribution in [0.15, 0.2) is 48.9 Å². The van der Waals surface area contributed by atoms with E-state index in [0.29, 0.717) is 23.6 Å². The Labute approximate surface area is 230 Å². The van der Waals surface area contributed by atoms with Crippen molar-refractivity contribution in [2.45, 2.75) is 37.8 Å². The fourth-order valence-corrected chi connectivity index (χ4v) is 5.76. The van der Waals surface area contributed by atoms with Gasteiger partial charge in [0.2, 0.25) is 5.95 Å². The van der Waals surface area contributed by atoms with Crippen molar-refractivity contribution in [1.29, 1.82) is 0 Å². The van der Waals surface area contributed by atoms with E-state index in [4.69, 9.17) is 15.2 Å². The van der Waals surface area contributed by atoms with Crippen LogP contribution in [0, 0.1) is 17.6 Å². The average Bonchev–Trinajstić information content (AvgIpc) is 3.33. The van der Waals surface area contributed by atoms with Crippen LogP contribution in [-0.2, 0) is 4.74 Å². The minimum absolute atomic E-state index is 0.0777. The summed E-state index contributed by atoms with van der Waals surface area (Å²) in [4.78, 5) is 22.5. The van der Waals surface area contributed by atoms with Gasteiger partial charge in [0.1, 0.15) is 17.4 Å². The maximum Gasteiger partial charge on any atom is 0.409 e. The molecule has 1 amide bonds. The Bertz CT molecular complexity index is 1510. The van der Waals surface area contributed by atoms with Crippen LogP contribution in [-0.4, -0.2) is 63.9 Å². The van der Waals surface area contributed by atoms with Crippen LogP contribution >= 0.6 is 0 Å². The molecule has 10 nitrogen and oxygen atoms in total. The number of benzene rings is 1. The predicted octanol–water partition coefficient (Wildman–Crippen LogP) is 4.73. The Morgan fingerprint density at radius 2 is 1.90 bits per heavy atom. The van der Waals surface area contributed by atoms with E-state index in [1.165, 1.54) is 24.8 Å². The van der Waals surface area contributed by atoms with Crippen molar-refractivity contribution in [3.05, 3.63) is 66.1 Å². The van der Waals surface area contributed by atoms with Gasteiger partial charge in [-0.3, -0.25) is 4.98 Å². The Hall–Kier alpha value is -4.32. The van der Waals surface area contributed by atoms with Crippen LogP contribution in [0.1, 0.15) is 31.2 Å². The zero-order chi connectivity index (χ0) is 28.6. The number of nitrogens with two attached hydrogens (primary N) is 1. The number of amides is 1. The second-order valence-electron chi connectivity index (χ2n) is 10.1. The summed E-state index contributed by atoms with van der Waals surface area (Å²) in [6.07, 6.45) is 6.06. The maximum atomic E-state index is 14.8. The molecule has 1 saturated carbocycles. The number of likely N-dealkylation sites (N-methyl/N-ethyl adjacent to an activating group) is 1. The van der Waals surface area contributed by atoms with E-state index in [0.717, 1.165) is 24.1 Å². The van der Waals surface area contributed by atoms with Crippen molar-refractivity contribution < 1.29 is 23.0 Å². The second-order valence-corrected chi connectivity index (χ2v) is 10.1. The lowest BCUT2D eigenvalue weighted by atomic mass is 9.73. The van der Waals surface area contributed by atoms with Gasteiger partial charge in [-0.15, -0.1) is 0 Å². The zero-order valence-electron chi connectivity index (χ0n) is 22.6. The number of carbonyl (C=O) groups excluding carboxylic acids is 1. The zero-order valence-corrected chi connectivity index (χ0v) is 22.6. The smallest absolute Gasteiger partial charge is 0.409 e. The van der Waals surface area contributed by atoms with Gasteiger partial charge in [-0.05, 0) is 48.4 Å². The molecular weight excluding hydrogens is 520 g/mol.